The van der Waals surface area contributed by atoms with Crippen LogP contribution in [0.2, 0.25) is 0 Å². The molecule has 0 aromatic carbocycles. The minimum atomic E-state index is 0.850. The maximum absolute atomic E-state index is 4.05. The van der Waals surface area contributed by atoms with E-state index in [1.54, 1.807) is 5.57 Å². The Hall–Kier alpha value is -1.15. The third-order valence-corrected chi connectivity index (χ3v) is 3.58. The highest BCUT2D eigenvalue weighted by molar-refractivity contribution is 5.53. The number of rotatable bonds is 1. The van der Waals surface area contributed by atoms with Gasteiger partial charge in [0, 0.05) is 18.9 Å². The van der Waals surface area contributed by atoms with E-state index >= 15 is 0 Å². The van der Waals surface area contributed by atoms with Gasteiger partial charge in [-0.05, 0) is 49.5 Å². The Bertz CT molecular complexity index is 361. The molecule has 2 heteroatoms. The molecule has 2 bridgehead atoms. The third-order valence-electron chi connectivity index (χ3n) is 3.58. The molecular weight excluding hydrogens is 184 g/mol. The lowest BCUT2D eigenvalue weighted by atomic mass is 9.83. The maximum Gasteiger partial charge on any atom is 0.0273 e. The Labute approximate surface area is 90.6 Å². The predicted molar refractivity (Wildman–Crippen MR) is 61.4 cm³/mol. The summed E-state index contributed by atoms with van der Waals surface area (Å²) in [6.07, 6.45) is 8.81. The predicted octanol–water partition coefficient (Wildman–Crippen LogP) is 2.19. The maximum atomic E-state index is 4.05. The smallest absolute Gasteiger partial charge is 0.0273 e. The van der Waals surface area contributed by atoms with Crippen molar-refractivity contribution in [3.63, 3.8) is 0 Å². The molecule has 0 N–H and O–H groups in total. The van der Waals surface area contributed by atoms with E-state index in [1.165, 1.54) is 38.0 Å². The second kappa shape index (κ2) is 3.78. The van der Waals surface area contributed by atoms with Crippen LogP contribution in [0.25, 0.3) is 6.08 Å². The van der Waals surface area contributed by atoms with Crippen molar-refractivity contribution in [2.24, 2.45) is 5.92 Å². The summed E-state index contributed by atoms with van der Waals surface area (Å²) in [5.41, 5.74) is 2.92. The van der Waals surface area contributed by atoms with Crippen molar-refractivity contribution in [2.45, 2.75) is 12.8 Å². The van der Waals surface area contributed by atoms with Crippen molar-refractivity contribution in [3.05, 3.63) is 35.7 Å². The van der Waals surface area contributed by atoms with Gasteiger partial charge < -0.3 is 0 Å². The summed E-state index contributed by atoms with van der Waals surface area (Å²) in [5.74, 6) is 0.850. The molecule has 4 heterocycles. The summed E-state index contributed by atoms with van der Waals surface area (Å²) >= 11 is 0. The van der Waals surface area contributed by atoms with Crippen molar-refractivity contribution >= 4 is 6.08 Å². The van der Waals surface area contributed by atoms with Crippen LogP contribution in [-0.2, 0) is 0 Å². The van der Waals surface area contributed by atoms with Crippen molar-refractivity contribution in [2.75, 3.05) is 19.6 Å². The summed E-state index contributed by atoms with van der Waals surface area (Å²) in [6.45, 7) is 3.80. The molecule has 78 valence electrons. The molecule has 3 fully saturated rings. The standard InChI is InChI=1S/C13H16N2/c1-5-14-6-2-11(1)9-13-10-15-7-3-12(13)4-8-15/h1-2,5-6,9,12H,3-4,7-8,10H2/b13-9+. The number of pyridine rings is 1. The fourth-order valence-corrected chi connectivity index (χ4v) is 2.69. The lowest BCUT2D eigenvalue weighted by Crippen LogP contribution is -2.42. The van der Waals surface area contributed by atoms with E-state index < -0.39 is 0 Å². The zero-order chi connectivity index (χ0) is 10.1. The van der Waals surface area contributed by atoms with Crippen LogP contribution in [0.4, 0.5) is 0 Å². The van der Waals surface area contributed by atoms with Crippen LogP contribution in [-0.4, -0.2) is 29.5 Å². The molecule has 3 saturated heterocycles. The summed E-state index contributed by atoms with van der Waals surface area (Å²) in [4.78, 5) is 6.61. The lowest BCUT2D eigenvalue weighted by molar-refractivity contribution is 0.163. The first-order valence-corrected chi connectivity index (χ1v) is 5.75. The molecular formula is C13H16N2. The lowest BCUT2D eigenvalue weighted by Gasteiger charge is -2.41. The average molecular weight is 200 g/mol. The van der Waals surface area contributed by atoms with Crippen LogP contribution in [0.5, 0.6) is 0 Å². The molecule has 0 unspecified atom stereocenters. The first-order chi connectivity index (χ1) is 7.42. The minimum Gasteiger partial charge on any atom is -0.299 e. The second-order valence-electron chi connectivity index (χ2n) is 4.55. The van der Waals surface area contributed by atoms with Gasteiger partial charge >= 0.3 is 0 Å². The van der Waals surface area contributed by atoms with Crippen LogP contribution in [0, 0.1) is 5.92 Å². The highest BCUT2D eigenvalue weighted by Gasteiger charge is 2.28. The monoisotopic (exact) mass is 200 g/mol. The van der Waals surface area contributed by atoms with Gasteiger partial charge in [0.2, 0.25) is 0 Å². The third kappa shape index (κ3) is 1.82. The van der Waals surface area contributed by atoms with Crippen LogP contribution in [0.1, 0.15) is 18.4 Å². The molecule has 0 spiro atoms. The van der Waals surface area contributed by atoms with Gasteiger partial charge in [-0.25, -0.2) is 0 Å². The molecule has 1 aromatic heterocycles. The zero-order valence-corrected chi connectivity index (χ0v) is 8.89. The number of fused-ring (bicyclic) bond motifs is 3. The summed E-state index contributed by atoms with van der Waals surface area (Å²) in [7, 11) is 0. The van der Waals surface area contributed by atoms with E-state index in [9.17, 15) is 0 Å². The van der Waals surface area contributed by atoms with Gasteiger partial charge in [0.05, 0.1) is 0 Å². The Balaban J connectivity index is 1.85. The van der Waals surface area contributed by atoms with E-state index in [1.807, 2.05) is 12.4 Å². The Morgan fingerprint density at radius 3 is 2.53 bits per heavy atom. The highest BCUT2D eigenvalue weighted by Crippen LogP contribution is 2.32. The number of nitrogens with zero attached hydrogens (tertiary/aromatic N) is 2. The van der Waals surface area contributed by atoms with Gasteiger partial charge in [-0.3, -0.25) is 9.88 Å². The van der Waals surface area contributed by atoms with E-state index in [4.69, 9.17) is 0 Å². The number of hydrogen-bond donors (Lipinski definition) is 0. The molecule has 3 aliphatic heterocycles. The minimum absolute atomic E-state index is 0.850. The largest absolute Gasteiger partial charge is 0.299 e. The normalized spacial score (nSPS) is 32.1. The van der Waals surface area contributed by atoms with Gasteiger partial charge in [0.25, 0.3) is 0 Å². The van der Waals surface area contributed by atoms with Crippen molar-refractivity contribution < 1.29 is 0 Å². The fourth-order valence-electron chi connectivity index (χ4n) is 2.69. The Morgan fingerprint density at radius 2 is 1.93 bits per heavy atom. The highest BCUT2D eigenvalue weighted by atomic mass is 15.1. The molecule has 0 amide bonds. The summed E-state index contributed by atoms with van der Waals surface area (Å²) in [6, 6.07) is 4.18. The summed E-state index contributed by atoms with van der Waals surface area (Å²) < 4.78 is 0. The van der Waals surface area contributed by atoms with Crippen LogP contribution >= 0.6 is 0 Å². The Kier molecular flexibility index (Phi) is 2.29. The van der Waals surface area contributed by atoms with Crippen molar-refractivity contribution in [3.8, 4) is 0 Å². The number of aromatic nitrogens is 1. The number of piperidine rings is 3. The zero-order valence-electron chi connectivity index (χ0n) is 8.89. The SMILES string of the molecule is C(=C1/CN2CCC1CC2)/c1ccncc1. The molecule has 0 aliphatic carbocycles. The van der Waals surface area contributed by atoms with Crippen molar-refractivity contribution in [1.82, 2.24) is 9.88 Å². The second-order valence-corrected chi connectivity index (χ2v) is 4.55. The van der Waals surface area contributed by atoms with Gasteiger partial charge in [0.1, 0.15) is 0 Å². The van der Waals surface area contributed by atoms with Crippen LogP contribution in [0.3, 0.4) is 0 Å². The molecule has 15 heavy (non-hydrogen) atoms. The summed E-state index contributed by atoms with van der Waals surface area (Å²) in [5, 5.41) is 0. The molecule has 3 aliphatic rings. The quantitative estimate of drug-likeness (QED) is 0.691. The van der Waals surface area contributed by atoms with Crippen LogP contribution < -0.4 is 0 Å². The van der Waals surface area contributed by atoms with E-state index in [0.717, 1.165) is 5.92 Å². The molecule has 1 aromatic rings. The van der Waals surface area contributed by atoms with Gasteiger partial charge in [-0.2, -0.15) is 0 Å². The first kappa shape index (κ1) is 9.10. The van der Waals surface area contributed by atoms with Gasteiger partial charge in [-0.15, -0.1) is 0 Å². The molecule has 0 atom stereocenters. The van der Waals surface area contributed by atoms with Crippen LogP contribution in [0.15, 0.2) is 30.1 Å². The van der Waals surface area contributed by atoms with E-state index in [0.29, 0.717) is 0 Å². The van der Waals surface area contributed by atoms with Gasteiger partial charge in [-0.1, -0.05) is 11.6 Å². The molecule has 0 radical (unpaired) electrons. The topological polar surface area (TPSA) is 16.1 Å². The fraction of sp³-hybridized carbons (Fsp3) is 0.462. The molecule has 2 nitrogen and oxygen atoms in total. The first-order valence-electron chi connectivity index (χ1n) is 5.75. The Morgan fingerprint density at radius 1 is 1.20 bits per heavy atom. The number of hydrogen-bond acceptors (Lipinski definition) is 2. The molecule has 4 rings (SSSR count). The van der Waals surface area contributed by atoms with E-state index in [2.05, 4.69) is 28.1 Å². The average Bonchev–Trinajstić information content (AvgIpc) is 2.32. The van der Waals surface area contributed by atoms with Gasteiger partial charge in [0.15, 0.2) is 0 Å². The molecule has 0 saturated carbocycles. The van der Waals surface area contributed by atoms with Crippen molar-refractivity contribution in [1.29, 1.82) is 0 Å². The van der Waals surface area contributed by atoms with E-state index in [-0.39, 0.29) is 0 Å².